The zero-order chi connectivity index (χ0) is 29.1. The number of alkyl halides is 3. The highest BCUT2D eigenvalue weighted by Gasteiger charge is 2.34. The van der Waals surface area contributed by atoms with Crippen LogP contribution < -0.4 is 5.32 Å². The Morgan fingerprint density at radius 3 is 2.34 bits per heavy atom. The minimum atomic E-state index is -4.74. The molecule has 0 saturated heterocycles. The van der Waals surface area contributed by atoms with Crippen molar-refractivity contribution in [1.82, 2.24) is 20.3 Å². The number of benzene rings is 3. The van der Waals surface area contributed by atoms with E-state index in [1.807, 2.05) is 48.5 Å². The van der Waals surface area contributed by atoms with Crippen molar-refractivity contribution in [3.8, 4) is 22.9 Å². The molecule has 3 aromatic carbocycles. The number of amides is 1. The van der Waals surface area contributed by atoms with Crippen molar-refractivity contribution in [2.24, 2.45) is 0 Å². The summed E-state index contributed by atoms with van der Waals surface area (Å²) in [4.78, 5) is 25.2. The summed E-state index contributed by atoms with van der Waals surface area (Å²) in [5.41, 5.74) is 2.75. The van der Waals surface area contributed by atoms with Crippen LogP contribution in [0.15, 0.2) is 72.9 Å². The van der Waals surface area contributed by atoms with E-state index in [9.17, 15) is 22.8 Å². The SMILES string of the molecule is COC(=O)[C@H](Cc1cn(-c2ccc(C#N)c(C(F)(F)F)c2)nn1)NC(=O)OCC1c2ccccc2-c2ccccc21. The summed E-state index contributed by atoms with van der Waals surface area (Å²) < 4.78 is 51.5. The maximum absolute atomic E-state index is 13.4. The van der Waals surface area contributed by atoms with Crippen LogP contribution in [0.5, 0.6) is 0 Å². The molecule has 1 aliphatic rings. The molecular weight excluding hydrogens is 539 g/mol. The molecule has 1 N–H and O–H groups in total. The summed E-state index contributed by atoms with van der Waals surface area (Å²) in [6.07, 6.45) is -4.44. The van der Waals surface area contributed by atoms with E-state index in [-0.39, 0.29) is 30.3 Å². The third-order valence-electron chi connectivity index (χ3n) is 6.77. The lowest BCUT2D eigenvalue weighted by Crippen LogP contribution is -2.43. The molecule has 0 spiro atoms. The van der Waals surface area contributed by atoms with Crippen molar-refractivity contribution in [2.45, 2.75) is 24.6 Å². The second-order valence-electron chi connectivity index (χ2n) is 9.24. The number of nitrogens with zero attached hydrogens (tertiary/aromatic N) is 4. The third-order valence-corrected chi connectivity index (χ3v) is 6.77. The van der Waals surface area contributed by atoms with Crippen molar-refractivity contribution >= 4 is 12.1 Å². The molecule has 1 aromatic heterocycles. The molecule has 1 aliphatic carbocycles. The second-order valence-corrected chi connectivity index (χ2v) is 9.24. The summed E-state index contributed by atoms with van der Waals surface area (Å²) in [6, 6.07) is 19.1. The molecule has 4 aromatic rings. The largest absolute Gasteiger partial charge is 0.467 e. The highest BCUT2D eigenvalue weighted by atomic mass is 19.4. The maximum atomic E-state index is 13.4. The molecule has 208 valence electrons. The molecule has 1 heterocycles. The minimum absolute atomic E-state index is 0.00851. The van der Waals surface area contributed by atoms with Crippen LogP contribution in [0.2, 0.25) is 0 Å². The van der Waals surface area contributed by atoms with Gasteiger partial charge in [0.15, 0.2) is 0 Å². The minimum Gasteiger partial charge on any atom is -0.467 e. The number of carbonyl (C=O) groups excluding carboxylic acids is 2. The van der Waals surface area contributed by atoms with E-state index in [4.69, 9.17) is 14.7 Å². The Bertz CT molecular complexity index is 1620. The lowest BCUT2D eigenvalue weighted by Gasteiger charge is -2.18. The topological polar surface area (TPSA) is 119 Å². The van der Waals surface area contributed by atoms with Gasteiger partial charge in [-0.15, -0.1) is 5.10 Å². The van der Waals surface area contributed by atoms with Crippen LogP contribution in [-0.2, 0) is 26.9 Å². The highest BCUT2D eigenvalue weighted by molar-refractivity contribution is 5.82. The first-order valence-corrected chi connectivity index (χ1v) is 12.4. The van der Waals surface area contributed by atoms with Gasteiger partial charge in [0.05, 0.1) is 41.9 Å². The van der Waals surface area contributed by atoms with E-state index in [0.29, 0.717) is 0 Å². The van der Waals surface area contributed by atoms with Crippen LogP contribution in [0, 0.1) is 11.3 Å². The average Bonchev–Trinajstić information content (AvgIpc) is 3.57. The Morgan fingerprint density at radius 2 is 1.73 bits per heavy atom. The number of fused-ring (bicyclic) bond motifs is 3. The van der Waals surface area contributed by atoms with Gasteiger partial charge in [-0.1, -0.05) is 53.7 Å². The molecule has 9 nitrogen and oxygen atoms in total. The number of nitriles is 1. The molecule has 41 heavy (non-hydrogen) atoms. The van der Waals surface area contributed by atoms with Gasteiger partial charge in [0, 0.05) is 12.3 Å². The monoisotopic (exact) mass is 561 g/mol. The number of esters is 1. The summed E-state index contributed by atoms with van der Waals surface area (Å²) in [7, 11) is 1.15. The number of methoxy groups -OCH3 is 1. The Kier molecular flexibility index (Phi) is 7.43. The quantitative estimate of drug-likeness (QED) is 0.323. The van der Waals surface area contributed by atoms with E-state index >= 15 is 0 Å². The summed E-state index contributed by atoms with van der Waals surface area (Å²) >= 11 is 0. The van der Waals surface area contributed by atoms with E-state index in [1.54, 1.807) is 0 Å². The molecule has 1 amide bonds. The Hall–Kier alpha value is -5.18. The first-order chi connectivity index (χ1) is 19.7. The van der Waals surface area contributed by atoms with Gasteiger partial charge in [0.1, 0.15) is 12.6 Å². The number of aromatic nitrogens is 3. The van der Waals surface area contributed by atoms with Gasteiger partial charge in [-0.05, 0) is 40.5 Å². The predicted molar refractivity (Wildman–Crippen MR) is 139 cm³/mol. The number of hydrogen-bond donors (Lipinski definition) is 1. The summed E-state index contributed by atoms with van der Waals surface area (Å²) in [5, 5.41) is 19.2. The van der Waals surface area contributed by atoms with Crippen LogP contribution in [-0.4, -0.2) is 46.8 Å². The molecule has 0 unspecified atom stereocenters. The van der Waals surface area contributed by atoms with Crippen LogP contribution in [0.4, 0.5) is 18.0 Å². The number of alkyl carbamates (subject to hydrolysis) is 1. The van der Waals surface area contributed by atoms with Crippen molar-refractivity contribution in [3.05, 3.63) is 101 Å². The third kappa shape index (κ3) is 5.60. The number of rotatable bonds is 7. The Balaban J connectivity index is 1.28. The lowest BCUT2D eigenvalue weighted by atomic mass is 9.98. The highest BCUT2D eigenvalue weighted by Crippen LogP contribution is 2.44. The predicted octanol–water partition coefficient (Wildman–Crippen LogP) is 4.78. The molecule has 0 radical (unpaired) electrons. The van der Waals surface area contributed by atoms with Crippen molar-refractivity contribution in [2.75, 3.05) is 13.7 Å². The molecule has 0 fully saturated rings. The number of hydrogen-bond acceptors (Lipinski definition) is 7. The van der Waals surface area contributed by atoms with Gasteiger partial charge in [0.25, 0.3) is 0 Å². The fourth-order valence-corrected chi connectivity index (χ4v) is 4.85. The van der Waals surface area contributed by atoms with Crippen molar-refractivity contribution < 1.29 is 32.2 Å². The molecule has 5 rings (SSSR count). The zero-order valence-electron chi connectivity index (χ0n) is 21.6. The van der Waals surface area contributed by atoms with Gasteiger partial charge >= 0.3 is 18.2 Å². The van der Waals surface area contributed by atoms with E-state index < -0.39 is 35.4 Å². The van der Waals surface area contributed by atoms with Crippen LogP contribution in [0.25, 0.3) is 16.8 Å². The molecule has 12 heteroatoms. The summed E-state index contributed by atoms with van der Waals surface area (Å²) in [5.74, 6) is -0.954. The zero-order valence-corrected chi connectivity index (χ0v) is 21.6. The van der Waals surface area contributed by atoms with E-state index in [1.165, 1.54) is 18.3 Å². The summed E-state index contributed by atoms with van der Waals surface area (Å²) in [6.45, 7) is 0.0319. The van der Waals surface area contributed by atoms with Crippen molar-refractivity contribution in [1.29, 1.82) is 5.26 Å². The van der Waals surface area contributed by atoms with Gasteiger partial charge in [-0.2, -0.15) is 18.4 Å². The number of carbonyl (C=O) groups is 2. The standard InChI is InChI=1S/C29H22F3N5O4/c1-40-27(38)26(12-18-15-37(36-35-18)19-11-10-17(14-33)25(13-19)29(30,31)32)34-28(39)41-16-24-22-8-4-2-6-20(22)21-7-3-5-9-23(21)24/h2-11,13,15,24,26H,12,16H2,1H3,(H,34,39)/t26-/m0/s1. The Morgan fingerprint density at radius 1 is 1.07 bits per heavy atom. The average molecular weight is 562 g/mol. The lowest BCUT2D eigenvalue weighted by molar-refractivity contribution is -0.143. The normalized spacial score (nSPS) is 13.0. The van der Waals surface area contributed by atoms with E-state index in [2.05, 4.69) is 15.6 Å². The fourth-order valence-electron chi connectivity index (χ4n) is 4.85. The fraction of sp³-hybridized carbons (Fsp3) is 0.207. The van der Waals surface area contributed by atoms with Crippen molar-refractivity contribution in [3.63, 3.8) is 0 Å². The molecule has 1 atom stereocenters. The number of nitrogens with one attached hydrogen (secondary N) is 1. The van der Waals surface area contributed by atoms with Gasteiger partial charge in [-0.3, -0.25) is 0 Å². The second kappa shape index (κ2) is 11.1. The maximum Gasteiger partial charge on any atom is 0.417 e. The van der Waals surface area contributed by atoms with E-state index in [0.717, 1.165) is 46.2 Å². The smallest absolute Gasteiger partial charge is 0.417 e. The van der Waals surface area contributed by atoms with Gasteiger partial charge < -0.3 is 14.8 Å². The molecular formula is C29H22F3N5O4. The molecule has 0 aliphatic heterocycles. The molecule has 0 bridgehead atoms. The first-order valence-electron chi connectivity index (χ1n) is 12.4. The van der Waals surface area contributed by atoms with Crippen LogP contribution >= 0.6 is 0 Å². The first kappa shape index (κ1) is 27.4. The Labute approximate surface area is 232 Å². The van der Waals surface area contributed by atoms with Crippen LogP contribution in [0.1, 0.15) is 33.9 Å². The van der Waals surface area contributed by atoms with Gasteiger partial charge in [-0.25, -0.2) is 14.3 Å². The number of ether oxygens (including phenoxy) is 2. The van der Waals surface area contributed by atoms with Gasteiger partial charge in [0.2, 0.25) is 0 Å². The number of halogens is 3. The molecule has 0 saturated carbocycles. The van der Waals surface area contributed by atoms with Crippen LogP contribution in [0.3, 0.4) is 0 Å².